The van der Waals surface area contributed by atoms with Crippen molar-refractivity contribution in [2.45, 2.75) is 38.5 Å². The fourth-order valence-electron chi connectivity index (χ4n) is 3.98. The number of carbonyl (C=O) groups is 1. The lowest BCUT2D eigenvalue weighted by atomic mass is 9.89. The number of rotatable bonds is 6. The van der Waals surface area contributed by atoms with Crippen molar-refractivity contribution in [2.75, 3.05) is 19.6 Å². The van der Waals surface area contributed by atoms with E-state index in [9.17, 15) is 4.79 Å². The topological polar surface area (TPSA) is 46.3 Å². The zero-order valence-electron chi connectivity index (χ0n) is 15.9. The molecular weight excluding hydrogens is 320 g/mol. The molecule has 1 aliphatic heterocycles. The molecule has 2 N–H and O–H groups in total. The normalized spacial score (nSPS) is 21.0. The van der Waals surface area contributed by atoms with Crippen molar-refractivity contribution in [3.8, 4) is 0 Å². The Morgan fingerprint density at radius 1 is 1.12 bits per heavy atom. The number of hydrogen-bond acceptors (Lipinski definition) is 2. The molecule has 0 radical (unpaired) electrons. The second-order valence-corrected chi connectivity index (χ2v) is 7.51. The molecule has 26 heavy (non-hydrogen) atoms. The molecule has 3 atom stereocenters. The van der Waals surface area contributed by atoms with Crippen LogP contribution in [0.2, 0.25) is 0 Å². The van der Waals surface area contributed by atoms with Crippen molar-refractivity contribution in [3.05, 3.63) is 71.3 Å². The van der Waals surface area contributed by atoms with Crippen LogP contribution in [0.3, 0.4) is 0 Å². The van der Waals surface area contributed by atoms with Gasteiger partial charge in [-0.1, -0.05) is 68.4 Å². The fourth-order valence-corrected chi connectivity index (χ4v) is 3.98. The van der Waals surface area contributed by atoms with Crippen molar-refractivity contribution >= 4 is 5.91 Å². The number of benzene rings is 2. The summed E-state index contributed by atoms with van der Waals surface area (Å²) >= 11 is 0. The van der Waals surface area contributed by atoms with E-state index in [0.29, 0.717) is 24.8 Å². The van der Waals surface area contributed by atoms with Crippen LogP contribution in [0.1, 0.15) is 48.8 Å². The van der Waals surface area contributed by atoms with Gasteiger partial charge in [0, 0.05) is 25.4 Å². The van der Waals surface area contributed by atoms with Gasteiger partial charge in [0.25, 0.3) is 0 Å². The van der Waals surface area contributed by atoms with E-state index < -0.39 is 0 Å². The Morgan fingerprint density at radius 3 is 2.42 bits per heavy atom. The molecule has 3 rings (SSSR count). The lowest BCUT2D eigenvalue weighted by Crippen LogP contribution is -2.30. The number of nitrogens with zero attached hydrogens (tertiary/aromatic N) is 1. The Morgan fingerprint density at radius 2 is 1.81 bits per heavy atom. The average molecular weight is 351 g/mol. The molecule has 1 amide bonds. The highest BCUT2D eigenvalue weighted by molar-refractivity contribution is 5.77. The van der Waals surface area contributed by atoms with Gasteiger partial charge in [-0.3, -0.25) is 4.79 Å². The molecule has 0 aliphatic carbocycles. The molecule has 1 aliphatic rings. The highest BCUT2D eigenvalue weighted by Crippen LogP contribution is 2.33. The highest BCUT2D eigenvalue weighted by Gasteiger charge is 2.35. The Bertz CT molecular complexity index is 711. The molecule has 138 valence electrons. The van der Waals surface area contributed by atoms with Crippen LogP contribution in [0.25, 0.3) is 0 Å². The van der Waals surface area contributed by atoms with Gasteiger partial charge in [0.05, 0.1) is 0 Å². The van der Waals surface area contributed by atoms with E-state index in [1.54, 1.807) is 0 Å². The summed E-state index contributed by atoms with van der Waals surface area (Å²) in [7, 11) is 0. The predicted molar refractivity (Wildman–Crippen MR) is 107 cm³/mol. The Balaban J connectivity index is 1.64. The number of aryl methyl sites for hydroxylation is 1. The number of likely N-dealkylation sites (tertiary alicyclic amines) is 1. The molecule has 1 fully saturated rings. The van der Waals surface area contributed by atoms with E-state index >= 15 is 0 Å². The molecule has 0 spiro atoms. The maximum atomic E-state index is 12.9. The van der Waals surface area contributed by atoms with Gasteiger partial charge in [-0.15, -0.1) is 0 Å². The summed E-state index contributed by atoms with van der Waals surface area (Å²) in [6.07, 6.45) is 1.60. The van der Waals surface area contributed by atoms with Crippen molar-refractivity contribution in [2.24, 2.45) is 11.7 Å². The summed E-state index contributed by atoms with van der Waals surface area (Å²) in [6, 6.07) is 19.1. The summed E-state index contributed by atoms with van der Waals surface area (Å²) in [6.45, 7) is 6.48. The Labute approximate surface area is 157 Å². The third kappa shape index (κ3) is 4.16. The van der Waals surface area contributed by atoms with Gasteiger partial charge in [0.15, 0.2) is 0 Å². The molecule has 1 heterocycles. The molecule has 3 heteroatoms. The minimum Gasteiger partial charge on any atom is -0.342 e. The van der Waals surface area contributed by atoms with Gasteiger partial charge in [0.1, 0.15) is 0 Å². The number of hydrogen-bond donors (Lipinski definition) is 1. The van der Waals surface area contributed by atoms with Crippen LogP contribution in [0, 0.1) is 5.92 Å². The molecule has 0 saturated carbocycles. The standard InChI is InChI=1S/C23H30N2O/c1-3-18-9-11-19(12-10-18)17(2)13-23(26)25-15-21(14-24)22(16-25)20-7-5-4-6-8-20/h4-12,17,21-22H,3,13-16,24H2,1-2H3/t17?,21-,22+/m1/s1. The molecule has 0 aromatic heterocycles. The summed E-state index contributed by atoms with van der Waals surface area (Å²) < 4.78 is 0. The molecular formula is C23H30N2O. The lowest BCUT2D eigenvalue weighted by molar-refractivity contribution is -0.130. The number of nitrogens with two attached hydrogens (primary N) is 1. The van der Waals surface area contributed by atoms with E-state index in [-0.39, 0.29) is 11.8 Å². The molecule has 1 saturated heterocycles. The summed E-state index contributed by atoms with van der Waals surface area (Å²) in [4.78, 5) is 14.9. The number of amides is 1. The first-order valence-corrected chi connectivity index (χ1v) is 9.74. The lowest BCUT2D eigenvalue weighted by Gasteiger charge is -2.20. The van der Waals surface area contributed by atoms with E-state index in [0.717, 1.165) is 19.5 Å². The summed E-state index contributed by atoms with van der Waals surface area (Å²) in [5, 5.41) is 0. The van der Waals surface area contributed by atoms with Crippen LogP contribution < -0.4 is 5.73 Å². The van der Waals surface area contributed by atoms with Crippen LogP contribution in [-0.2, 0) is 11.2 Å². The second kappa shape index (κ2) is 8.50. The van der Waals surface area contributed by atoms with Gasteiger partial charge >= 0.3 is 0 Å². The smallest absolute Gasteiger partial charge is 0.223 e. The van der Waals surface area contributed by atoms with Crippen molar-refractivity contribution in [3.63, 3.8) is 0 Å². The minimum absolute atomic E-state index is 0.237. The van der Waals surface area contributed by atoms with Crippen molar-refractivity contribution in [1.82, 2.24) is 4.90 Å². The predicted octanol–water partition coefficient (Wildman–Crippen LogP) is 3.94. The van der Waals surface area contributed by atoms with E-state index in [1.165, 1.54) is 16.7 Å². The van der Waals surface area contributed by atoms with Crippen molar-refractivity contribution < 1.29 is 4.79 Å². The van der Waals surface area contributed by atoms with Gasteiger partial charge < -0.3 is 10.6 Å². The van der Waals surface area contributed by atoms with Crippen LogP contribution in [0.15, 0.2) is 54.6 Å². The minimum atomic E-state index is 0.237. The first-order valence-electron chi connectivity index (χ1n) is 9.74. The van der Waals surface area contributed by atoms with Gasteiger partial charge in [-0.05, 0) is 41.5 Å². The Kier molecular flexibility index (Phi) is 6.10. The van der Waals surface area contributed by atoms with Gasteiger partial charge in [-0.2, -0.15) is 0 Å². The molecule has 2 aromatic rings. The van der Waals surface area contributed by atoms with Crippen LogP contribution in [-0.4, -0.2) is 30.4 Å². The maximum absolute atomic E-state index is 12.9. The largest absolute Gasteiger partial charge is 0.342 e. The van der Waals surface area contributed by atoms with E-state index in [4.69, 9.17) is 5.73 Å². The quantitative estimate of drug-likeness (QED) is 0.857. The molecule has 2 aromatic carbocycles. The van der Waals surface area contributed by atoms with Gasteiger partial charge in [-0.25, -0.2) is 0 Å². The molecule has 1 unspecified atom stereocenters. The maximum Gasteiger partial charge on any atom is 0.223 e. The van der Waals surface area contributed by atoms with Crippen LogP contribution in [0.5, 0.6) is 0 Å². The van der Waals surface area contributed by atoms with Crippen LogP contribution in [0.4, 0.5) is 0 Å². The zero-order valence-corrected chi connectivity index (χ0v) is 15.9. The first kappa shape index (κ1) is 18.7. The molecule has 3 nitrogen and oxygen atoms in total. The first-order chi connectivity index (χ1) is 12.6. The van der Waals surface area contributed by atoms with Crippen molar-refractivity contribution in [1.29, 1.82) is 0 Å². The third-order valence-electron chi connectivity index (χ3n) is 5.76. The zero-order chi connectivity index (χ0) is 18.5. The number of carbonyl (C=O) groups excluding carboxylic acids is 1. The summed E-state index contributed by atoms with van der Waals surface area (Å²) in [5.41, 5.74) is 9.88. The fraction of sp³-hybridized carbons (Fsp3) is 0.435. The highest BCUT2D eigenvalue weighted by atomic mass is 16.2. The second-order valence-electron chi connectivity index (χ2n) is 7.51. The van der Waals surface area contributed by atoms with E-state index in [1.807, 2.05) is 11.0 Å². The summed E-state index contributed by atoms with van der Waals surface area (Å²) in [5.74, 6) is 1.18. The SMILES string of the molecule is CCc1ccc(C(C)CC(=O)N2C[C@@H](CN)[C@H](c3ccccc3)C2)cc1. The van der Waals surface area contributed by atoms with E-state index in [2.05, 4.69) is 62.4 Å². The van der Waals surface area contributed by atoms with Gasteiger partial charge in [0.2, 0.25) is 5.91 Å². The Hall–Kier alpha value is -2.13. The third-order valence-corrected chi connectivity index (χ3v) is 5.76. The monoisotopic (exact) mass is 350 g/mol. The van der Waals surface area contributed by atoms with Crippen LogP contribution >= 0.6 is 0 Å². The average Bonchev–Trinajstić information content (AvgIpc) is 3.13. The molecule has 0 bridgehead atoms.